The first kappa shape index (κ1) is 18.1. The molecule has 0 bridgehead atoms. The predicted molar refractivity (Wildman–Crippen MR) is 100 cm³/mol. The van der Waals surface area contributed by atoms with Crippen molar-refractivity contribution < 1.29 is 13.6 Å². The molecule has 3 heterocycles. The maximum absolute atomic E-state index is 13.7. The first-order valence-electron chi connectivity index (χ1n) is 8.39. The molecule has 1 aliphatic rings. The fourth-order valence-electron chi connectivity index (χ4n) is 2.86. The van der Waals surface area contributed by atoms with Crippen LogP contribution in [-0.4, -0.2) is 19.8 Å². The van der Waals surface area contributed by atoms with Gasteiger partial charge in [0, 0.05) is 12.1 Å². The Labute approximate surface area is 165 Å². The standard InChI is InChI=1S/C18H15FN6O2S/c1-2-24-16(14-4-3-5-26-14)21-22-17(24)18(28)25-10-15(27-23-25)12-6-11(9-20)7-13(19)8-12/h3-8,10,18,23,28H,2H2,1H3. The number of nitrogens with one attached hydrogen (secondary N) is 1. The molecule has 1 aliphatic heterocycles. The number of halogens is 1. The molecule has 1 atom stereocenters. The number of aromatic nitrogens is 3. The van der Waals surface area contributed by atoms with Crippen LogP contribution in [0.1, 0.15) is 29.2 Å². The van der Waals surface area contributed by atoms with E-state index in [1.807, 2.05) is 17.6 Å². The third-order valence-corrected chi connectivity index (χ3v) is 4.64. The molecule has 2 aromatic heterocycles. The van der Waals surface area contributed by atoms with Gasteiger partial charge in [-0.05, 0) is 37.3 Å². The number of hydrazine groups is 1. The average Bonchev–Trinajstić information content (AvgIpc) is 3.46. The highest BCUT2D eigenvalue weighted by atomic mass is 32.1. The lowest BCUT2D eigenvalue weighted by Crippen LogP contribution is -2.31. The summed E-state index contributed by atoms with van der Waals surface area (Å²) in [4.78, 5) is 5.44. The molecule has 0 saturated carbocycles. The van der Waals surface area contributed by atoms with Crippen molar-refractivity contribution in [3.05, 3.63) is 65.6 Å². The van der Waals surface area contributed by atoms with E-state index in [9.17, 15) is 4.39 Å². The second-order valence-electron chi connectivity index (χ2n) is 5.91. The molecule has 1 N–H and O–H groups in total. The minimum absolute atomic E-state index is 0.203. The summed E-state index contributed by atoms with van der Waals surface area (Å²) in [6, 6.07) is 9.49. The number of benzene rings is 1. The van der Waals surface area contributed by atoms with Crippen LogP contribution in [0.5, 0.6) is 0 Å². The van der Waals surface area contributed by atoms with Crippen LogP contribution < -0.4 is 5.59 Å². The molecule has 0 aliphatic carbocycles. The maximum Gasteiger partial charge on any atom is 0.199 e. The summed E-state index contributed by atoms with van der Waals surface area (Å²) in [5.74, 6) is 1.60. The van der Waals surface area contributed by atoms with Gasteiger partial charge in [-0.25, -0.2) is 4.39 Å². The van der Waals surface area contributed by atoms with Crippen LogP contribution in [-0.2, 0) is 11.4 Å². The number of hydrogen-bond donors (Lipinski definition) is 2. The van der Waals surface area contributed by atoms with Gasteiger partial charge in [-0.3, -0.25) is 5.01 Å². The Hall–Kier alpha value is -3.29. The monoisotopic (exact) mass is 398 g/mol. The molecular formula is C18H15FN6O2S. The average molecular weight is 398 g/mol. The lowest BCUT2D eigenvalue weighted by atomic mass is 10.1. The van der Waals surface area contributed by atoms with Crippen LogP contribution in [0.4, 0.5) is 4.39 Å². The van der Waals surface area contributed by atoms with Crippen LogP contribution in [0.25, 0.3) is 17.3 Å². The van der Waals surface area contributed by atoms with Crippen LogP contribution in [0.2, 0.25) is 0 Å². The summed E-state index contributed by atoms with van der Waals surface area (Å²) in [5.41, 5.74) is 3.34. The Balaban J connectivity index is 1.63. The lowest BCUT2D eigenvalue weighted by molar-refractivity contribution is 0.0382. The van der Waals surface area contributed by atoms with E-state index in [0.717, 1.165) is 6.07 Å². The largest absolute Gasteiger partial charge is 0.461 e. The molecule has 28 heavy (non-hydrogen) atoms. The van der Waals surface area contributed by atoms with Gasteiger partial charge in [-0.15, -0.1) is 22.8 Å². The van der Waals surface area contributed by atoms with E-state index in [1.165, 1.54) is 12.1 Å². The summed E-state index contributed by atoms with van der Waals surface area (Å²) in [6.07, 6.45) is 3.19. The summed E-state index contributed by atoms with van der Waals surface area (Å²) < 4.78 is 21.0. The third-order valence-electron chi connectivity index (χ3n) is 4.16. The second kappa shape index (κ2) is 7.38. The smallest absolute Gasteiger partial charge is 0.199 e. The zero-order chi connectivity index (χ0) is 19.7. The zero-order valence-corrected chi connectivity index (χ0v) is 15.6. The van der Waals surface area contributed by atoms with Gasteiger partial charge in [0.25, 0.3) is 0 Å². The predicted octanol–water partition coefficient (Wildman–Crippen LogP) is 3.25. The Morgan fingerprint density at radius 3 is 2.93 bits per heavy atom. The molecule has 0 spiro atoms. The molecule has 0 fully saturated rings. The topological polar surface area (TPSA) is 92.1 Å². The molecule has 0 saturated heterocycles. The molecule has 142 valence electrons. The van der Waals surface area contributed by atoms with E-state index in [-0.39, 0.29) is 5.56 Å². The Bertz CT molecular complexity index is 1070. The van der Waals surface area contributed by atoms with Crippen LogP contribution in [0.15, 0.2) is 47.2 Å². The number of nitriles is 1. The summed E-state index contributed by atoms with van der Waals surface area (Å²) in [7, 11) is 0. The minimum atomic E-state index is -0.544. The summed E-state index contributed by atoms with van der Waals surface area (Å²) in [6.45, 7) is 2.57. The number of furan rings is 1. The molecule has 1 unspecified atom stereocenters. The highest BCUT2D eigenvalue weighted by Crippen LogP contribution is 2.31. The van der Waals surface area contributed by atoms with E-state index in [2.05, 4.69) is 28.4 Å². The van der Waals surface area contributed by atoms with Gasteiger partial charge in [0.1, 0.15) is 5.82 Å². The van der Waals surface area contributed by atoms with E-state index in [4.69, 9.17) is 14.5 Å². The number of rotatable bonds is 5. The fraction of sp³-hybridized carbons (Fsp3) is 0.167. The molecule has 4 rings (SSSR count). The molecule has 0 amide bonds. The van der Waals surface area contributed by atoms with Crippen LogP contribution in [0.3, 0.4) is 0 Å². The SMILES string of the molecule is CCn1c(-c2ccco2)nnc1C(S)N1C=C(c2cc(F)cc(C#N)c2)ON1. The van der Waals surface area contributed by atoms with Gasteiger partial charge < -0.3 is 13.8 Å². The van der Waals surface area contributed by atoms with E-state index < -0.39 is 11.2 Å². The van der Waals surface area contributed by atoms with Crippen molar-refractivity contribution in [1.82, 2.24) is 25.4 Å². The number of nitrogens with zero attached hydrogens (tertiary/aromatic N) is 5. The summed E-state index contributed by atoms with van der Waals surface area (Å²) >= 11 is 4.62. The highest BCUT2D eigenvalue weighted by molar-refractivity contribution is 7.80. The van der Waals surface area contributed by atoms with Crippen molar-refractivity contribution in [2.75, 3.05) is 0 Å². The van der Waals surface area contributed by atoms with Crippen molar-refractivity contribution in [2.45, 2.75) is 18.8 Å². The van der Waals surface area contributed by atoms with Crippen LogP contribution >= 0.6 is 12.6 Å². The molecule has 3 aromatic rings. The molecule has 10 heteroatoms. The first-order valence-corrected chi connectivity index (χ1v) is 8.91. The number of hydrogen-bond acceptors (Lipinski definition) is 8. The molecular weight excluding hydrogens is 383 g/mol. The number of thiol groups is 1. The van der Waals surface area contributed by atoms with Crippen molar-refractivity contribution in [3.8, 4) is 17.7 Å². The van der Waals surface area contributed by atoms with Gasteiger partial charge in [0.2, 0.25) is 0 Å². The van der Waals surface area contributed by atoms with Gasteiger partial charge in [-0.2, -0.15) is 5.26 Å². The molecule has 0 radical (unpaired) electrons. The van der Waals surface area contributed by atoms with Crippen molar-refractivity contribution in [1.29, 1.82) is 5.26 Å². The van der Waals surface area contributed by atoms with Gasteiger partial charge in [0.05, 0.1) is 24.1 Å². The van der Waals surface area contributed by atoms with E-state index in [1.54, 1.807) is 29.6 Å². The third kappa shape index (κ3) is 3.21. The Morgan fingerprint density at radius 2 is 2.21 bits per heavy atom. The van der Waals surface area contributed by atoms with Gasteiger partial charge in [0.15, 0.2) is 28.5 Å². The molecule has 1 aromatic carbocycles. The van der Waals surface area contributed by atoms with E-state index in [0.29, 0.717) is 35.3 Å². The lowest BCUT2D eigenvalue weighted by Gasteiger charge is -2.21. The maximum atomic E-state index is 13.7. The van der Waals surface area contributed by atoms with Crippen LogP contribution in [0, 0.1) is 17.1 Å². The second-order valence-corrected chi connectivity index (χ2v) is 6.40. The van der Waals surface area contributed by atoms with Gasteiger partial charge in [-0.1, -0.05) is 5.59 Å². The normalized spacial score (nSPS) is 14.5. The molecule has 8 nitrogen and oxygen atoms in total. The highest BCUT2D eigenvalue weighted by Gasteiger charge is 2.28. The van der Waals surface area contributed by atoms with Crippen molar-refractivity contribution >= 4 is 18.4 Å². The quantitative estimate of drug-likeness (QED) is 0.638. The zero-order valence-electron chi connectivity index (χ0n) is 14.7. The minimum Gasteiger partial charge on any atom is -0.461 e. The first-order chi connectivity index (χ1) is 13.6. The van der Waals surface area contributed by atoms with E-state index >= 15 is 0 Å². The summed E-state index contributed by atoms with van der Waals surface area (Å²) in [5, 5.41) is 18.5. The van der Waals surface area contributed by atoms with Gasteiger partial charge >= 0.3 is 0 Å². The van der Waals surface area contributed by atoms with Crippen molar-refractivity contribution in [2.24, 2.45) is 0 Å². The Morgan fingerprint density at radius 1 is 1.36 bits per heavy atom. The Kier molecular flexibility index (Phi) is 4.77. The fourth-order valence-corrected chi connectivity index (χ4v) is 3.17. The van der Waals surface area contributed by atoms with Crippen molar-refractivity contribution in [3.63, 3.8) is 0 Å².